The number of nitrogens with zero attached hydrogens (tertiary/aromatic N) is 2. The van der Waals surface area contributed by atoms with Gasteiger partial charge in [-0.1, -0.05) is 37.3 Å². The van der Waals surface area contributed by atoms with Gasteiger partial charge in [0, 0.05) is 40.6 Å². The summed E-state index contributed by atoms with van der Waals surface area (Å²) >= 11 is 3.42. The fourth-order valence-electron chi connectivity index (χ4n) is 3.84. The molecule has 2 heterocycles. The van der Waals surface area contributed by atoms with E-state index in [9.17, 15) is 9.59 Å². The monoisotopic (exact) mass is 481 g/mol. The van der Waals surface area contributed by atoms with Crippen molar-refractivity contribution in [2.24, 2.45) is 0 Å². The lowest BCUT2D eigenvalue weighted by atomic mass is 9.96. The molecule has 1 aromatic heterocycles. The minimum absolute atomic E-state index is 0.355. The van der Waals surface area contributed by atoms with Crippen LogP contribution in [-0.2, 0) is 22.5 Å². The molecule has 160 valence electrons. The van der Waals surface area contributed by atoms with Crippen LogP contribution >= 0.6 is 15.9 Å². The molecule has 0 aliphatic carbocycles. The third kappa shape index (κ3) is 4.48. The Morgan fingerprint density at radius 2 is 1.94 bits per heavy atom. The number of pyridine rings is 1. The number of likely N-dealkylation sites (N-methyl/N-ethyl adjacent to an activating group) is 1. The number of benzene rings is 2. The standard InChI is InChI=1S/C24H24BrN3O3/c1-3-21(23(29)27-20-11-7-5-9-17(20)25)31-24(30)22-15-8-4-6-10-18(15)26-19-12-13-28(2)14-16(19)22/h4-11,21H,3,12-14H2,1-2H3,(H,27,29). The number of amides is 1. The van der Waals surface area contributed by atoms with E-state index in [-0.39, 0.29) is 5.91 Å². The summed E-state index contributed by atoms with van der Waals surface area (Å²) in [6.07, 6.45) is 0.243. The highest BCUT2D eigenvalue weighted by Crippen LogP contribution is 2.29. The number of hydrogen-bond acceptors (Lipinski definition) is 5. The molecule has 0 fully saturated rings. The summed E-state index contributed by atoms with van der Waals surface area (Å²) in [5.41, 5.74) is 3.73. The molecular weight excluding hydrogens is 458 g/mol. The number of nitrogens with one attached hydrogen (secondary N) is 1. The van der Waals surface area contributed by atoms with Crippen LogP contribution in [0.2, 0.25) is 0 Å². The number of aromatic nitrogens is 1. The fourth-order valence-corrected chi connectivity index (χ4v) is 4.23. The van der Waals surface area contributed by atoms with Gasteiger partial charge in [0.05, 0.1) is 16.8 Å². The first-order chi connectivity index (χ1) is 15.0. The molecule has 0 spiro atoms. The normalized spacial score (nSPS) is 14.7. The molecule has 0 radical (unpaired) electrons. The van der Waals surface area contributed by atoms with Gasteiger partial charge < -0.3 is 15.0 Å². The topological polar surface area (TPSA) is 71.5 Å². The zero-order valence-corrected chi connectivity index (χ0v) is 19.1. The molecule has 1 N–H and O–H groups in total. The maximum absolute atomic E-state index is 13.4. The van der Waals surface area contributed by atoms with Gasteiger partial charge in [-0.05, 0) is 47.6 Å². The van der Waals surface area contributed by atoms with E-state index in [0.29, 0.717) is 24.2 Å². The molecule has 0 saturated carbocycles. The molecule has 6 nitrogen and oxygen atoms in total. The van der Waals surface area contributed by atoms with Crippen LogP contribution in [0.3, 0.4) is 0 Å². The van der Waals surface area contributed by atoms with Gasteiger partial charge in [0.15, 0.2) is 6.10 Å². The van der Waals surface area contributed by atoms with Crippen LogP contribution in [0.15, 0.2) is 53.0 Å². The Kier molecular flexibility index (Phi) is 6.34. The molecule has 0 saturated heterocycles. The van der Waals surface area contributed by atoms with Crippen molar-refractivity contribution in [2.75, 3.05) is 18.9 Å². The highest BCUT2D eigenvalue weighted by Gasteiger charge is 2.29. The van der Waals surface area contributed by atoms with Gasteiger partial charge in [-0.15, -0.1) is 0 Å². The first-order valence-corrected chi connectivity index (χ1v) is 11.1. The Balaban J connectivity index is 1.65. The van der Waals surface area contributed by atoms with E-state index < -0.39 is 12.1 Å². The molecule has 2 aromatic carbocycles. The maximum atomic E-state index is 13.4. The summed E-state index contributed by atoms with van der Waals surface area (Å²) < 4.78 is 6.52. The van der Waals surface area contributed by atoms with Crippen LogP contribution in [-0.4, -0.2) is 41.5 Å². The lowest BCUT2D eigenvalue weighted by molar-refractivity contribution is -0.124. The largest absolute Gasteiger partial charge is 0.449 e. The maximum Gasteiger partial charge on any atom is 0.340 e. The Morgan fingerprint density at radius 1 is 1.19 bits per heavy atom. The fraction of sp³-hybridized carbons (Fsp3) is 0.292. The summed E-state index contributed by atoms with van der Waals surface area (Å²) in [6.45, 7) is 3.34. The molecule has 1 unspecified atom stereocenters. The minimum Gasteiger partial charge on any atom is -0.449 e. The van der Waals surface area contributed by atoms with Crippen LogP contribution in [0.5, 0.6) is 0 Å². The number of para-hydroxylation sites is 2. The lowest BCUT2D eigenvalue weighted by Gasteiger charge is -2.27. The van der Waals surface area contributed by atoms with E-state index in [0.717, 1.165) is 39.6 Å². The van der Waals surface area contributed by atoms with E-state index in [1.165, 1.54) is 0 Å². The van der Waals surface area contributed by atoms with Crippen LogP contribution in [0, 0.1) is 0 Å². The molecule has 31 heavy (non-hydrogen) atoms. The second kappa shape index (κ2) is 9.16. The van der Waals surface area contributed by atoms with Crippen molar-refractivity contribution in [3.8, 4) is 0 Å². The van der Waals surface area contributed by atoms with Crippen LogP contribution in [0.4, 0.5) is 5.69 Å². The molecule has 7 heteroatoms. The number of fused-ring (bicyclic) bond motifs is 2. The molecular formula is C24H24BrN3O3. The molecule has 1 amide bonds. The van der Waals surface area contributed by atoms with Gasteiger partial charge >= 0.3 is 5.97 Å². The molecule has 1 aliphatic rings. The number of anilines is 1. The number of carbonyl (C=O) groups excluding carboxylic acids is 2. The van der Waals surface area contributed by atoms with Crippen molar-refractivity contribution in [3.63, 3.8) is 0 Å². The van der Waals surface area contributed by atoms with Crippen molar-refractivity contribution in [2.45, 2.75) is 32.4 Å². The lowest BCUT2D eigenvalue weighted by Crippen LogP contribution is -2.34. The third-order valence-electron chi connectivity index (χ3n) is 5.49. The van der Waals surface area contributed by atoms with Gasteiger partial charge in [-0.2, -0.15) is 0 Å². The van der Waals surface area contributed by atoms with Gasteiger partial charge in [-0.3, -0.25) is 9.78 Å². The summed E-state index contributed by atoms with van der Waals surface area (Å²) in [6, 6.07) is 14.9. The summed E-state index contributed by atoms with van der Waals surface area (Å²) in [5, 5.41) is 3.59. The second-order valence-electron chi connectivity index (χ2n) is 7.69. The molecule has 3 aromatic rings. The Bertz CT molecular complexity index is 1150. The van der Waals surface area contributed by atoms with Gasteiger partial charge in [0.25, 0.3) is 5.91 Å². The zero-order valence-electron chi connectivity index (χ0n) is 17.5. The Morgan fingerprint density at radius 3 is 2.71 bits per heavy atom. The average Bonchev–Trinajstić information content (AvgIpc) is 2.77. The van der Waals surface area contributed by atoms with Crippen LogP contribution < -0.4 is 5.32 Å². The van der Waals surface area contributed by atoms with Crippen molar-refractivity contribution in [3.05, 3.63) is 69.8 Å². The van der Waals surface area contributed by atoms with Crippen molar-refractivity contribution in [1.29, 1.82) is 0 Å². The minimum atomic E-state index is -0.900. The highest BCUT2D eigenvalue weighted by atomic mass is 79.9. The number of ether oxygens (including phenoxy) is 1. The second-order valence-corrected chi connectivity index (χ2v) is 8.54. The van der Waals surface area contributed by atoms with E-state index in [1.54, 1.807) is 6.07 Å². The van der Waals surface area contributed by atoms with Crippen molar-refractivity contribution >= 4 is 44.4 Å². The number of carbonyl (C=O) groups is 2. The third-order valence-corrected chi connectivity index (χ3v) is 6.18. The predicted octanol–water partition coefficient (Wildman–Crippen LogP) is 4.56. The first-order valence-electron chi connectivity index (χ1n) is 10.3. The van der Waals surface area contributed by atoms with Gasteiger partial charge in [0.1, 0.15) is 0 Å². The quantitative estimate of drug-likeness (QED) is 0.540. The molecule has 1 atom stereocenters. The summed E-state index contributed by atoms with van der Waals surface area (Å²) in [4.78, 5) is 33.1. The van der Waals surface area contributed by atoms with Crippen LogP contribution in [0.1, 0.15) is 35.0 Å². The Hall–Kier alpha value is -2.77. The smallest absolute Gasteiger partial charge is 0.340 e. The first kappa shape index (κ1) is 21.5. The van der Waals surface area contributed by atoms with Gasteiger partial charge in [-0.25, -0.2) is 4.79 Å². The SMILES string of the molecule is CCC(OC(=O)c1c2c(nc3ccccc13)CCN(C)C2)C(=O)Nc1ccccc1Br. The molecule has 1 aliphatic heterocycles. The average molecular weight is 482 g/mol. The summed E-state index contributed by atoms with van der Waals surface area (Å²) in [7, 11) is 2.02. The number of esters is 1. The van der Waals surface area contributed by atoms with Crippen molar-refractivity contribution < 1.29 is 14.3 Å². The summed E-state index contributed by atoms with van der Waals surface area (Å²) in [5.74, 6) is -0.841. The predicted molar refractivity (Wildman–Crippen MR) is 124 cm³/mol. The van der Waals surface area contributed by atoms with E-state index in [2.05, 4.69) is 26.1 Å². The highest BCUT2D eigenvalue weighted by molar-refractivity contribution is 9.10. The van der Waals surface area contributed by atoms with Crippen molar-refractivity contribution in [1.82, 2.24) is 9.88 Å². The molecule has 4 rings (SSSR count). The molecule has 0 bridgehead atoms. The number of rotatable bonds is 5. The van der Waals surface area contributed by atoms with Crippen LogP contribution in [0.25, 0.3) is 10.9 Å². The zero-order chi connectivity index (χ0) is 22.0. The number of hydrogen-bond donors (Lipinski definition) is 1. The van der Waals surface area contributed by atoms with Gasteiger partial charge in [0.2, 0.25) is 0 Å². The number of halogens is 1. The Labute approximate surface area is 189 Å². The van der Waals surface area contributed by atoms with E-state index >= 15 is 0 Å². The van der Waals surface area contributed by atoms with E-state index in [1.807, 2.05) is 56.4 Å². The van der Waals surface area contributed by atoms with E-state index in [4.69, 9.17) is 9.72 Å².